The van der Waals surface area contributed by atoms with Crippen molar-refractivity contribution in [3.63, 3.8) is 0 Å². The minimum absolute atomic E-state index is 1.01. The molecule has 0 saturated heterocycles. The molecule has 0 spiro atoms. The summed E-state index contributed by atoms with van der Waals surface area (Å²) in [5, 5.41) is 12.5. The van der Waals surface area contributed by atoms with Gasteiger partial charge in [-0.25, -0.2) is 0 Å². The highest BCUT2D eigenvalue weighted by molar-refractivity contribution is 6.23. The maximum absolute atomic E-state index is 5.38. The van der Waals surface area contributed by atoms with Crippen LogP contribution in [0.25, 0.3) is 132 Å². The van der Waals surface area contributed by atoms with E-state index in [-0.39, 0.29) is 0 Å². The Hall–Kier alpha value is -9.05. The summed E-state index contributed by atoms with van der Waals surface area (Å²) in [6, 6.07) is 84.9. The minimum Gasteiger partial charge on any atom is -0.309 e. The molecule has 0 radical (unpaired) electrons. The number of nitrogens with zero attached hydrogens (tertiary/aromatic N) is 3. The number of pyridine rings is 1. The maximum Gasteiger partial charge on any atom is 0.0541 e. The minimum atomic E-state index is 1.01. The molecule has 3 nitrogen and oxygen atoms in total. The van der Waals surface area contributed by atoms with Crippen LogP contribution >= 0.6 is 0 Å². The molecular weight excluding hydrogens is 859 g/mol. The average molecular weight is 906 g/mol. The van der Waals surface area contributed by atoms with Crippen LogP contribution in [0.1, 0.15) is 17.0 Å². The Morgan fingerprint density at radius 3 is 1.10 bits per heavy atom. The van der Waals surface area contributed by atoms with Gasteiger partial charge >= 0.3 is 0 Å². The van der Waals surface area contributed by atoms with Gasteiger partial charge in [-0.15, -0.1) is 0 Å². The smallest absolute Gasteiger partial charge is 0.0541 e. The van der Waals surface area contributed by atoms with E-state index in [0.717, 1.165) is 39.5 Å². The Morgan fingerprint density at radius 1 is 0.282 bits per heavy atom. The topological polar surface area (TPSA) is 22.8 Å². The van der Waals surface area contributed by atoms with Crippen molar-refractivity contribution in [3.8, 4) is 55.9 Å². The first-order valence-electron chi connectivity index (χ1n) is 24.6. The lowest BCUT2D eigenvalue weighted by atomic mass is 9.84. The summed E-state index contributed by atoms with van der Waals surface area (Å²) in [4.78, 5) is 5.38. The number of aryl methyl sites for hydroxylation is 2. The van der Waals surface area contributed by atoms with Crippen molar-refractivity contribution >= 4 is 75.9 Å². The Morgan fingerprint density at radius 2 is 0.634 bits per heavy atom. The fraction of sp³-hybridized carbons (Fsp3) is 0.0441. The van der Waals surface area contributed by atoms with Gasteiger partial charge in [0, 0.05) is 55.4 Å². The van der Waals surface area contributed by atoms with Crippen LogP contribution in [0.15, 0.2) is 231 Å². The van der Waals surface area contributed by atoms with Crippen molar-refractivity contribution in [3.05, 3.63) is 247 Å². The van der Waals surface area contributed by atoms with Gasteiger partial charge in [0.25, 0.3) is 0 Å². The molecular formula is C68H47N3. The zero-order valence-corrected chi connectivity index (χ0v) is 39.8. The van der Waals surface area contributed by atoms with Crippen LogP contribution in [-0.4, -0.2) is 14.1 Å². The van der Waals surface area contributed by atoms with Crippen molar-refractivity contribution < 1.29 is 0 Å². The molecule has 0 atom stereocenters. The molecule has 334 valence electrons. The standard InChI is InChI=1S/C68H47N3/c1-42-65(46-35-37-47(38-36-46)67-57-26-6-8-28-59(57)68(60-29-9-7-27-58(60)67)56-30-18-20-45-19-4-5-21-51(45)56)43(2)69-44(3)66(42)48-39-49(70-61-31-14-10-22-52(61)53-23-11-15-32-62(53)70)41-50(40-48)71-63-33-16-12-24-54(63)55-25-13-17-34-64(55)71/h4-41H,1-3H3. The monoisotopic (exact) mass is 905 g/mol. The molecule has 14 aromatic rings. The number of benzene rings is 11. The Kier molecular flexibility index (Phi) is 9.24. The summed E-state index contributed by atoms with van der Waals surface area (Å²) in [7, 11) is 0. The summed E-state index contributed by atoms with van der Waals surface area (Å²) in [5.41, 5.74) is 19.8. The van der Waals surface area contributed by atoms with E-state index in [0.29, 0.717) is 0 Å². The maximum atomic E-state index is 5.38. The normalized spacial score (nSPS) is 11.9. The van der Waals surface area contributed by atoms with Crippen LogP contribution in [0.2, 0.25) is 0 Å². The summed E-state index contributed by atoms with van der Waals surface area (Å²) in [5.74, 6) is 0. The number of aromatic nitrogens is 3. The zero-order valence-electron chi connectivity index (χ0n) is 39.8. The Balaban J connectivity index is 0.964. The zero-order chi connectivity index (χ0) is 47.3. The van der Waals surface area contributed by atoms with Gasteiger partial charge in [0.15, 0.2) is 0 Å². The number of rotatable bonds is 6. The highest BCUT2D eigenvalue weighted by Crippen LogP contribution is 2.47. The summed E-state index contributed by atoms with van der Waals surface area (Å²) in [6.45, 7) is 6.63. The predicted octanol–water partition coefficient (Wildman–Crippen LogP) is 18.3. The average Bonchev–Trinajstić information content (AvgIpc) is 3.93. The SMILES string of the molecule is Cc1nc(C)c(-c2cc(-n3c4ccccc4c4ccccc43)cc(-n3c4ccccc4c4ccccc43)c2)c(C)c1-c1ccc(-c2c3ccccc3c(-c3cccc4ccccc34)c3ccccc23)cc1. The third-order valence-corrected chi connectivity index (χ3v) is 15.1. The lowest BCUT2D eigenvalue weighted by Gasteiger charge is -2.21. The predicted molar refractivity (Wildman–Crippen MR) is 301 cm³/mol. The first-order chi connectivity index (χ1) is 35.0. The molecule has 0 saturated carbocycles. The molecule has 0 fully saturated rings. The van der Waals surface area contributed by atoms with Crippen molar-refractivity contribution in [2.75, 3.05) is 0 Å². The molecule has 0 unspecified atom stereocenters. The molecule has 71 heavy (non-hydrogen) atoms. The largest absolute Gasteiger partial charge is 0.309 e. The number of para-hydroxylation sites is 4. The lowest BCUT2D eigenvalue weighted by Crippen LogP contribution is -2.03. The van der Waals surface area contributed by atoms with E-state index in [1.54, 1.807) is 0 Å². The Labute approximate surface area is 412 Å². The van der Waals surface area contributed by atoms with Crippen LogP contribution < -0.4 is 0 Å². The van der Waals surface area contributed by atoms with Gasteiger partial charge in [-0.3, -0.25) is 4.98 Å². The van der Waals surface area contributed by atoms with E-state index in [4.69, 9.17) is 4.98 Å². The van der Waals surface area contributed by atoms with Gasteiger partial charge < -0.3 is 9.13 Å². The van der Waals surface area contributed by atoms with E-state index in [9.17, 15) is 0 Å². The van der Waals surface area contributed by atoms with E-state index < -0.39 is 0 Å². The van der Waals surface area contributed by atoms with Crippen LogP contribution in [-0.2, 0) is 0 Å². The van der Waals surface area contributed by atoms with E-state index in [1.165, 1.54) is 109 Å². The van der Waals surface area contributed by atoms with Gasteiger partial charge in [0.05, 0.1) is 22.1 Å². The van der Waals surface area contributed by atoms with E-state index >= 15 is 0 Å². The molecule has 14 rings (SSSR count). The molecule has 0 bridgehead atoms. The fourth-order valence-corrected chi connectivity index (χ4v) is 12.3. The van der Waals surface area contributed by atoms with E-state index in [1.807, 2.05) is 0 Å². The molecule has 0 aliphatic carbocycles. The van der Waals surface area contributed by atoms with Crippen molar-refractivity contribution in [1.82, 2.24) is 14.1 Å². The van der Waals surface area contributed by atoms with Crippen LogP contribution in [0, 0.1) is 20.8 Å². The number of hydrogen-bond acceptors (Lipinski definition) is 1. The summed E-state index contributed by atoms with van der Waals surface area (Å²) in [6.07, 6.45) is 0. The summed E-state index contributed by atoms with van der Waals surface area (Å²) >= 11 is 0. The molecule has 0 aliphatic heterocycles. The third-order valence-electron chi connectivity index (χ3n) is 15.1. The van der Waals surface area contributed by atoms with Gasteiger partial charge in [-0.05, 0) is 134 Å². The first kappa shape index (κ1) is 41.0. The van der Waals surface area contributed by atoms with E-state index in [2.05, 4.69) is 260 Å². The number of hydrogen-bond donors (Lipinski definition) is 0. The van der Waals surface area contributed by atoms with Crippen molar-refractivity contribution in [2.24, 2.45) is 0 Å². The second kappa shape index (κ2) is 16.0. The molecule has 0 aliphatic rings. The second-order valence-corrected chi connectivity index (χ2v) is 19.1. The van der Waals surface area contributed by atoms with Crippen LogP contribution in [0.5, 0.6) is 0 Å². The molecule has 3 aromatic heterocycles. The molecule has 11 aromatic carbocycles. The van der Waals surface area contributed by atoms with Crippen molar-refractivity contribution in [1.29, 1.82) is 0 Å². The van der Waals surface area contributed by atoms with Gasteiger partial charge in [-0.1, -0.05) is 188 Å². The van der Waals surface area contributed by atoms with Crippen LogP contribution in [0.4, 0.5) is 0 Å². The fourth-order valence-electron chi connectivity index (χ4n) is 12.3. The summed E-state index contributed by atoms with van der Waals surface area (Å²) < 4.78 is 4.89. The molecule has 3 heterocycles. The quantitative estimate of drug-likeness (QED) is 0.152. The Bertz CT molecular complexity index is 4190. The highest BCUT2D eigenvalue weighted by Gasteiger charge is 2.23. The van der Waals surface area contributed by atoms with Gasteiger partial charge in [-0.2, -0.15) is 0 Å². The van der Waals surface area contributed by atoms with Gasteiger partial charge in [0.1, 0.15) is 0 Å². The molecule has 0 N–H and O–H groups in total. The van der Waals surface area contributed by atoms with Crippen molar-refractivity contribution in [2.45, 2.75) is 20.8 Å². The molecule has 0 amide bonds. The molecule has 3 heteroatoms. The first-order valence-corrected chi connectivity index (χ1v) is 24.6. The highest BCUT2D eigenvalue weighted by atomic mass is 15.0. The second-order valence-electron chi connectivity index (χ2n) is 19.1. The van der Waals surface area contributed by atoms with Gasteiger partial charge in [0.2, 0.25) is 0 Å². The lowest BCUT2D eigenvalue weighted by molar-refractivity contribution is 1.10. The third kappa shape index (κ3) is 6.26. The van der Waals surface area contributed by atoms with Crippen LogP contribution in [0.3, 0.4) is 0 Å². The number of fused-ring (bicyclic) bond motifs is 9.